The van der Waals surface area contributed by atoms with Crippen molar-refractivity contribution in [3.63, 3.8) is 0 Å². The van der Waals surface area contributed by atoms with E-state index in [2.05, 4.69) is 29.6 Å². The summed E-state index contributed by atoms with van der Waals surface area (Å²) in [5, 5.41) is 10.7. The highest BCUT2D eigenvalue weighted by Gasteiger charge is 2.35. The second-order valence-corrected chi connectivity index (χ2v) is 7.99. The van der Waals surface area contributed by atoms with Crippen LogP contribution in [0.15, 0.2) is 30.6 Å². The Balaban J connectivity index is 0.00000300. The SMILES string of the molecule is COc1ccc(C(C)(C)CNC(=O)[C@H]2CNC[C@@H]2c2cnn(C)c2)cc1OC.Cl. The van der Waals surface area contributed by atoms with E-state index in [1.807, 2.05) is 37.6 Å². The highest BCUT2D eigenvalue weighted by Crippen LogP contribution is 2.33. The van der Waals surface area contributed by atoms with Crippen molar-refractivity contribution in [2.45, 2.75) is 25.2 Å². The van der Waals surface area contributed by atoms with E-state index in [1.54, 1.807) is 18.9 Å². The van der Waals surface area contributed by atoms with Crippen molar-refractivity contribution in [3.05, 3.63) is 41.7 Å². The van der Waals surface area contributed by atoms with Crippen molar-refractivity contribution in [1.29, 1.82) is 0 Å². The van der Waals surface area contributed by atoms with E-state index in [0.29, 0.717) is 24.6 Å². The number of hydrogen-bond acceptors (Lipinski definition) is 5. The summed E-state index contributed by atoms with van der Waals surface area (Å²) in [5.41, 5.74) is 1.94. The molecule has 0 unspecified atom stereocenters. The molecule has 160 valence electrons. The molecule has 0 saturated carbocycles. The first-order chi connectivity index (χ1) is 13.4. The van der Waals surface area contributed by atoms with Crippen LogP contribution in [0.25, 0.3) is 0 Å². The van der Waals surface area contributed by atoms with Crippen molar-refractivity contribution in [2.75, 3.05) is 33.9 Å². The predicted molar refractivity (Wildman–Crippen MR) is 115 cm³/mol. The molecule has 2 atom stereocenters. The van der Waals surface area contributed by atoms with Crippen molar-refractivity contribution in [3.8, 4) is 11.5 Å². The number of hydrogen-bond donors (Lipinski definition) is 2. The van der Waals surface area contributed by atoms with Crippen LogP contribution in [-0.4, -0.2) is 49.5 Å². The Bertz CT molecular complexity index is 837. The Kier molecular flexibility index (Phi) is 7.54. The smallest absolute Gasteiger partial charge is 0.225 e. The quantitative estimate of drug-likeness (QED) is 0.715. The van der Waals surface area contributed by atoms with Gasteiger partial charge in [0.05, 0.1) is 26.3 Å². The lowest BCUT2D eigenvalue weighted by atomic mass is 9.83. The van der Waals surface area contributed by atoms with Crippen LogP contribution in [0, 0.1) is 5.92 Å². The number of amides is 1. The molecule has 0 aliphatic carbocycles. The number of carbonyl (C=O) groups is 1. The summed E-state index contributed by atoms with van der Waals surface area (Å²) in [6.07, 6.45) is 3.84. The second kappa shape index (κ2) is 9.50. The van der Waals surface area contributed by atoms with E-state index in [-0.39, 0.29) is 35.6 Å². The van der Waals surface area contributed by atoms with Crippen LogP contribution in [0.4, 0.5) is 0 Å². The van der Waals surface area contributed by atoms with Gasteiger partial charge >= 0.3 is 0 Å². The first-order valence-corrected chi connectivity index (χ1v) is 9.55. The number of methoxy groups -OCH3 is 2. The number of ether oxygens (including phenoxy) is 2. The number of nitrogens with zero attached hydrogens (tertiary/aromatic N) is 2. The third-order valence-electron chi connectivity index (χ3n) is 5.57. The van der Waals surface area contributed by atoms with Gasteiger partial charge < -0.3 is 20.1 Å². The summed E-state index contributed by atoms with van der Waals surface area (Å²) in [6.45, 7) is 6.24. The minimum absolute atomic E-state index is 0. The Morgan fingerprint density at radius 3 is 2.62 bits per heavy atom. The van der Waals surface area contributed by atoms with Gasteiger partial charge in [-0.05, 0) is 23.3 Å². The molecule has 1 amide bonds. The van der Waals surface area contributed by atoms with Crippen LogP contribution in [0.5, 0.6) is 11.5 Å². The van der Waals surface area contributed by atoms with Gasteiger partial charge in [0.25, 0.3) is 0 Å². The molecule has 2 aromatic rings. The number of halogens is 1. The van der Waals surface area contributed by atoms with Crippen LogP contribution in [0.2, 0.25) is 0 Å². The third kappa shape index (κ3) is 5.03. The summed E-state index contributed by atoms with van der Waals surface area (Å²) in [7, 11) is 5.14. The maximum atomic E-state index is 12.9. The largest absolute Gasteiger partial charge is 0.493 e. The van der Waals surface area contributed by atoms with Gasteiger partial charge in [-0.25, -0.2) is 0 Å². The van der Waals surface area contributed by atoms with Crippen LogP contribution in [-0.2, 0) is 17.3 Å². The standard InChI is InChI=1S/C21H30N4O3.ClH/c1-21(2,15-6-7-18(27-4)19(8-15)28-5)13-23-20(26)17-11-22-10-16(17)14-9-24-25(3)12-14;/h6-9,12,16-17,22H,10-11,13H2,1-5H3,(H,23,26);1H/t16-,17+;/m1./s1. The molecule has 3 rings (SSSR count). The first kappa shape index (κ1) is 23.0. The summed E-state index contributed by atoms with van der Waals surface area (Å²) in [5.74, 6) is 1.52. The Labute approximate surface area is 178 Å². The fraction of sp³-hybridized carbons (Fsp3) is 0.524. The van der Waals surface area contributed by atoms with Gasteiger partial charge in [0.15, 0.2) is 11.5 Å². The van der Waals surface area contributed by atoms with Gasteiger partial charge in [-0.1, -0.05) is 19.9 Å². The topological polar surface area (TPSA) is 77.4 Å². The molecule has 29 heavy (non-hydrogen) atoms. The average molecular weight is 423 g/mol. The second-order valence-electron chi connectivity index (χ2n) is 7.99. The van der Waals surface area contributed by atoms with Gasteiger partial charge in [-0.3, -0.25) is 9.48 Å². The zero-order valence-electron chi connectivity index (χ0n) is 17.7. The van der Waals surface area contributed by atoms with Gasteiger partial charge in [-0.15, -0.1) is 12.4 Å². The van der Waals surface area contributed by atoms with E-state index in [9.17, 15) is 4.79 Å². The Hall–Kier alpha value is -2.25. The highest BCUT2D eigenvalue weighted by atomic mass is 35.5. The van der Waals surface area contributed by atoms with Gasteiger partial charge in [0.2, 0.25) is 5.91 Å². The highest BCUT2D eigenvalue weighted by molar-refractivity contribution is 5.85. The predicted octanol–water partition coefficient (Wildman–Crippen LogP) is 2.26. The molecule has 0 spiro atoms. The number of nitrogens with one attached hydrogen (secondary N) is 2. The minimum atomic E-state index is -0.245. The molecular weight excluding hydrogens is 392 g/mol. The average Bonchev–Trinajstić information content (AvgIpc) is 3.34. The normalized spacial score (nSPS) is 18.8. The van der Waals surface area contributed by atoms with Gasteiger partial charge in [-0.2, -0.15) is 5.10 Å². The van der Waals surface area contributed by atoms with Gasteiger partial charge in [0.1, 0.15) is 0 Å². The maximum absolute atomic E-state index is 12.9. The number of rotatable bonds is 7. The first-order valence-electron chi connectivity index (χ1n) is 9.55. The van der Waals surface area contributed by atoms with E-state index in [4.69, 9.17) is 9.47 Å². The Morgan fingerprint density at radius 2 is 2.00 bits per heavy atom. The number of aromatic nitrogens is 2. The lowest BCUT2D eigenvalue weighted by molar-refractivity contribution is -0.125. The lowest BCUT2D eigenvalue weighted by Crippen LogP contribution is -2.41. The number of carbonyl (C=O) groups excluding carboxylic acids is 1. The molecule has 8 heteroatoms. The molecule has 1 aromatic carbocycles. The van der Waals surface area contributed by atoms with E-state index in [1.165, 1.54) is 0 Å². The van der Waals surface area contributed by atoms with Crippen molar-refractivity contribution in [2.24, 2.45) is 13.0 Å². The monoisotopic (exact) mass is 422 g/mol. The van der Waals surface area contributed by atoms with Crippen LogP contribution in [0.1, 0.15) is 30.9 Å². The van der Waals surface area contributed by atoms with Crippen LogP contribution >= 0.6 is 12.4 Å². The van der Waals surface area contributed by atoms with Crippen molar-refractivity contribution >= 4 is 18.3 Å². The fourth-order valence-corrected chi connectivity index (χ4v) is 3.73. The molecule has 1 saturated heterocycles. The lowest BCUT2D eigenvalue weighted by Gasteiger charge is -2.28. The van der Waals surface area contributed by atoms with E-state index >= 15 is 0 Å². The zero-order chi connectivity index (χ0) is 20.3. The summed E-state index contributed by atoms with van der Waals surface area (Å²) >= 11 is 0. The molecule has 1 fully saturated rings. The van der Waals surface area contributed by atoms with Gasteiger partial charge in [0, 0.05) is 44.2 Å². The molecule has 0 radical (unpaired) electrons. The molecule has 2 N–H and O–H groups in total. The molecule has 1 aromatic heterocycles. The maximum Gasteiger partial charge on any atom is 0.225 e. The number of aryl methyl sites for hydroxylation is 1. The molecule has 2 heterocycles. The van der Waals surface area contributed by atoms with Crippen LogP contribution in [0.3, 0.4) is 0 Å². The molecule has 1 aliphatic heterocycles. The molecule has 7 nitrogen and oxygen atoms in total. The minimum Gasteiger partial charge on any atom is -0.493 e. The Morgan fingerprint density at radius 1 is 1.28 bits per heavy atom. The third-order valence-corrected chi connectivity index (χ3v) is 5.57. The van der Waals surface area contributed by atoms with E-state index in [0.717, 1.165) is 17.7 Å². The zero-order valence-corrected chi connectivity index (χ0v) is 18.5. The molecule has 0 bridgehead atoms. The number of benzene rings is 1. The summed E-state index contributed by atoms with van der Waals surface area (Å²) in [4.78, 5) is 12.9. The summed E-state index contributed by atoms with van der Waals surface area (Å²) in [6, 6.07) is 5.89. The van der Waals surface area contributed by atoms with Crippen molar-refractivity contribution in [1.82, 2.24) is 20.4 Å². The molecular formula is C21H31ClN4O3. The van der Waals surface area contributed by atoms with Crippen molar-refractivity contribution < 1.29 is 14.3 Å². The molecule has 1 aliphatic rings. The van der Waals surface area contributed by atoms with Crippen LogP contribution < -0.4 is 20.1 Å². The van der Waals surface area contributed by atoms with E-state index < -0.39 is 0 Å². The summed E-state index contributed by atoms with van der Waals surface area (Å²) < 4.78 is 12.5. The fourth-order valence-electron chi connectivity index (χ4n) is 3.73.